The molecule has 3 heteroatoms. The van der Waals surface area contributed by atoms with E-state index in [1.807, 2.05) is 31.2 Å². The van der Waals surface area contributed by atoms with Gasteiger partial charge in [-0.25, -0.2) is 0 Å². The first-order chi connectivity index (χ1) is 6.97. The Bertz CT molecular complexity index is 323. The molecule has 1 N–H and O–H groups in total. The summed E-state index contributed by atoms with van der Waals surface area (Å²) in [6, 6.07) is 7.90. The van der Waals surface area contributed by atoms with Crippen LogP contribution in [0.25, 0.3) is 0 Å². The number of hydrogen-bond acceptors (Lipinski definition) is 2. The van der Waals surface area contributed by atoms with Crippen molar-refractivity contribution in [2.45, 2.75) is 32.0 Å². The highest BCUT2D eigenvalue weighted by Crippen LogP contribution is 2.24. The summed E-state index contributed by atoms with van der Waals surface area (Å²) in [6.45, 7) is 3.66. The third-order valence-electron chi connectivity index (χ3n) is 2.74. The Morgan fingerprint density at radius 1 is 1.47 bits per heavy atom. The molecule has 0 aliphatic carbocycles. The lowest BCUT2D eigenvalue weighted by atomic mass is 9.92. The van der Waals surface area contributed by atoms with Crippen LogP contribution >= 0.6 is 15.9 Å². The van der Waals surface area contributed by atoms with Gasteiger partial charge in [0.25, 0.3) is 0 Å². The van der Waals surface area contributed by atoms with Crippen LogP contribution < -0.4 is 0 Å². The van der Waals surface area contributed by atoms with E-state index < -0.39 is 5.60 Å². The van der Waals surface area contributed by atoms with Gasteiger partial charge in [-0.2, -0.15) is 0 Å². The fourth-order valence-electron chi connectivity index (χ4n) is 1.42. The van der Waals surface area contributed by atoms with Crippen LogP contribution in [0.4, 0.5) is 0 Å². The van der Waals surface area contributed by atoms with Gasteiger partial charge in [-0.1, -0.05) is 34.1 Å². The lowest BCUT2D eigenvalue weighted by Crippen LogP contribution is -2.40. The summed E-state index contributed by atoms with van der Waals surface area (Å²) in [5, 5.41) is 10.2. The molecule has 0 aliphatic rings. The van der Waals surface area contributed by atoms with E-state index in [-0.39, 0.29) is 6.10 Å². The minimum atomic E-state index is -0.849. The van der Waals surface area contributed by atoms with Gasteiger partial charge in [-0.05, 0) is 25.5 Å². The van der Waals surface area contributed by atoms with Crippen molar-refractivity contribution in [1.82, 2.24) is 0 Å². The molecule has 1 rings (SSSR count). The quantitative estimate of drug-likeness (QED) is 0.914. The van der Waals surface area contributed by atoms with E-state index in [1.54, 1.807) is 14.0 Å². The number of hydrogen-bond donors (Lipinski definition) is 1. The summed E-state index contributed by atoms with van der Waals surface area (Å²) in [6.07, 6.45) is 0.383. The van der Waals surface area contributed by atoms with Crippen molar-refractivity contribution in [1.29, 1.82) is 0 Å². The zero-order valence-electron chi connectivity index (χ0n) is 9.33. The second-order valence-electron chi connectivity index (χ2n) is 4.00. The van der Waals surface area contributed by atoms with E-state index in [1.165, 1.54) is 0 Å². The van der Waals surface area contributed by atoms with Crippen LogP contribution in [0.5, 0.6) is 0 Å². The fraction of sp³-hybridized carbons (Fsp3) is 0.500. The summed E-state index contributed by atoms with van der Waals surface area (Å²) < 4.78 is 6.18. The minimum absolute atomic E-state index is 0.190. The van der Waals surface area contributed by atoms with Gasteiger partial charge in [0, 0.05) is 18.0 Å². The molecule has 0 aliphatic heterocycles. The lowest BCUT2D eigenvalue weighted by Gasteiger charge is -2.29. The van der Waals surface area contributed by atoms with Crippen molar-refractivity contribution in [2.75, 3.05) is 7.11 Å². The first-order valence-electron chi connectivity index (χ1n) is 4.96. The van der Waals surface area contributed by atoms with Crippen LogP contribution in [0.15, 0.2) is 28.7 Å². The average molecular weight is 273 g/mol. The highest BCUT2D eigenvalue weighted by Gasteiger charge is 2.29. The molecule has 1 aromatic carbocycles. The van der Waals surface area contributed by atoms with Gasteiger partial charge in [0.1, 0.15) is 0 Å². The third kappa shape index (κ3) is 3.30. The maximum Gasteiger partial charge on any atom is 0.0917 e. The van der Waals surface area contributed by atoms with Crippen LogP contribution in [0.2, 0.25) is 0 Å². The smallest absolute Gasteiger partial charge is 0.0917 e. The molecule has 0 spiro atoms. The average Bonchev–Trinajstić information content (AvgIpc) is 2.20. The molecule has 0 saturated carbocycles. The number of ether oxygens (including phenoxy) is 1. The van der Waals surface area contributed by atoms with E-state index in [9.17, 15) is 5.11 Å². The predicted octanol–water partition coefficient (Wildman–Crippen LogP) is 2.78. The molecule has 84 valence electrons. The highest BCUT2D eigenvalue weighted by atomic mass is 79.9. The molecule has 0 bridgehead atoms. The van der Waals surface area contributed by atoms with E-state index in [2.05, 4.69) is 15.9 Å². The Hall–Kier alpha value is -0.380. The van der Waals surface area contributed by atoms with Crippen LogP contribution in [-0.4, -0.2) is 23.9 Å². The molecule has 0 aromatic heterocycles. The molecule has 0 saturated heterocycles. The monoisotopic (exact) mass is 272 g/mol. The molecule has 0 heterocycles. The summed E-state index contributed by atoms with van der Waals surface area (Å²) in [5.41, 5.74) is 0.241. The Morgan fingerprint density at radius 2 is 2.07 bits per heavy atom. The van der Waals surface area contributed by atoms with E-state index in [4.69, 9.17) is 4.74 Å². The molecular formula is C12H17BrO2. The van der Waals surface area contributed by atoms with Crippen molar-refractivity contribution in [3.63, 3.8) is 0 Å². The van der Waals surface area contributed by atoms with Gasteiger partial charge in [0.15, 0.2) is 0 Å². The SMILES string of the molecule is COC(C)C(C)(O)Cc1ccccc1Br. The van der Waals surface area contributed by atoms with Crippen LogP contribution in [0.1, 0.15) is 19.4 Å². The molecule has 0 radical (unpaired) electrons. The second kappa shape index (κ2) is 5.10. The van der Waals surface area contributed by atoms with Crippen molar-refractivity contribution >= 4 is 15.9 Å². The Morgan fingerprint density at radius 3 is 2.60 bits per heavy atom. The van der Waals surface area contributed by atoms with Crippen LogP contribution in [0, 0.1) is 0 Å². The summed E-state index contributed by atoms with van der Waals surface area (Å²) in [7, 11) is 1.61. The number of halogens is 1. The van der Waals surface area contributed by atoms with Gasteiger partial charge < -0.3 is 9.84 Å². The van der Waals surface area contributed by atoms with Gasteiger partial charge in [-0.3, -0.25) is 0 Å². The Balaban J connectivity index is 2.81. The normalized spacial score (nSPS) is 17.1. The zero-order chi connectivity index (χ0) is 11.5. The van der Waals surface area contributed by atoms with Gasteiger partial charge in [-0.15, -0.1) is 0 Å². The number of aliphatic hydroxyl groups is 1. The summed E-state index contributed by atoms with van der Waals surface area (Å²) >= 11 is 3.47. The second-order valence-corrected chi connectivity index (χ2v) is 4.86. The molecule has 0 fully saturated rings. The van der Waals surface area contributed by atoms with Gasteiger partial charge in [0.2, 0.25) is 0 Å². The third-order valence-corrected chi connectivity index (χ3v) is 3.51. The molecule has 2 atom stereocenters. The topological polar surface area (TPSA) is 29.5 Å². The van der Waals surface area contributed by atoms with Crippen LogP contribution in [0.3, 0.4) is 0 Å². The van der Waals surface area contributed by atoms with Gasteiger partial charge in [0.05, 0.1) is 11.7 Å². The maximum atomic E-state index is 10.2. The Labute approximate surface area is 99.4 Å². The van der Waals surface area contributed by atoms with Crippen molar-refractivity contribution in [3.05, 3.63) is 34.3 Å². The number of rotatable bonds is 4. The van der Waals surface area contributed by atoms with E-state index in [0.29, 0.717) is 6.42 Å². The van der Waals surface area contributed by atoms with Crippen molar-refractivity contribution in [3.8, 4) is 0 Å². The molecular weight excluding hydrogens is 256 g/mol. The molecule has 15 heavy (non-hydrogen) atoms. The highest BCUT2D eigenvalue weighted by molar-refractivity contribution is 9.10. The molecule has 0 amide bonds. The summed E-state index contributed by atoms with van der Waals surface area (Å²) in [5.74, 6) is 0. The molecule has 2 unspecified atom stereocenters. The minimum Gasteiger partial charge on any atom is -0.387 e. The summed E-state index contributed by atoms with van der Waals surface area (Å²) in [4.78, 5) is 0. The first-order valence-corrected chi connectivity index (χ1v) is 5.75. The van der Waals surface area contributed by atoms with Crippen molar-refractivity contribution in [2.24, 2.45) is 0 Å². The van der Waals surface area contributed by atoms with E-state index in [0.717, 1.165) is 10.0 Å². The lowest BCUT2D eigenvalue weighted by molar-refractivity contribution is -0.0716. The maximum absolute atomic E-state index is 10.2. The van der Waals surface area contributed by atoms with Crippen LogP contribution in [-0.2, 0) is 11.2 Å². The zero-order valence-corrected chi connectivity index (χ0v) is 10.9. The number of benzene rings is 1. The Kier molecular flexibility index (Phi) is 4.32. The fourth-order valence-corrected chi connectivity index (χ4v) is 1.85. The van der Waals surface area contributed by atoms with Gasteiger partial charge >= 0.3 is 0 Å². The van der Waals surface area contributed by atoms with E-state index >= 15 is 0 Å². The predicted molar refractivity (Wildman–Crippen MR) is 64.9 cm³/mol. The standard InChI is InChI=1S/C12H17BrO2/c1-9(15-3)12(2,14)8-10-6-4-5-7-11(10)13/h4-7,9,14H,8H2,1-3H3. The first kappa shape index (κ1) is 12.7. The van der Waals surface area contributed by atoms with Crippen molar-refractivity contribution < 1.29 is 9.84 Å². The molecule has 1 aromatic rings. The largest absolute Gasteiger partial charge is 0.387 e. The number of methoxy groups -OCH3 is 1. The molecule has 2 nitrogen and oxygen atoms in total.